The Balaban J connectivity index is 1.48. The molecule has 7 heteroatoms. The Hall–Kier alpha value is -4.13. The molecule has 2 aromatic carbocycles. The maximum absolute atomic E-state index is 13.0. The highest BCUT2D eigenvalue weighted by Crippen LogP contribution is 2.26. The van der Waals surface area contributed by atoms with Crippen LogP contribution in [0.2, 0.25) is 0 Å². The summed E-state index contributed by atoms with van der Waals surface area (Å²) in [6.45, 7) is 1.85. The van der Waals surface area contributed by atoms with E-state index in [0.717, 1.165) is 11.3 Å². The molecule has 1 N–H and O–H groups in total. The number of pyridine rings is 1. The molecule has 0 saturated carbocycles. The lowest BCUT2D eigenvalue weighted by Crippen LogP contribution is -2.35. The zero-order valence-corrected chi connectivity index (χ0v) is 17.7. The monoisotopic (exact) mass is 430 g/mol. The predicted molar refractivity (Wildman–Crippen MR) is 119 cm³/mol. The summed E-state index contributed by atoms with van der Waals surface area (Å²) in [6.07, 6.45) is 0.569. The van der Waals surface area contributed by atoms with Gasteiger partial charge in [-0.1, -0.05) is 30.3 Å². The smallest absolute Gasteiger partial charge is 0.339 e. The van der Waals surface area contributed by atoms with Crippen molar-refractivity contribution in [2.75, 3.05) is 7.11 Å². The maximum atomic E-state index is 13.0. The third-order valence-electron chi connectivity index (χ3n) is 4.99. The van der Waals surface area contributed by atoms with Crippen molar-refractivity contribution in [2.24, 2.45) is 0 Å². The van der Waals surface area contributed by atoms with Crippen LogP contribution in [0.5, 0.6) is 5.75 Å². The minimum absolute atomic E-state index is 0.311. The average Bonchev–Trinajstić information content (AvgIpc) is 3.37. The SMILES string of the molecule is COc1ccc(CNC(=O)[C@@H](C)OC(=O)c2cc(-c3ccco3)nc3ccccc23)cc1. The molecule has 0 spiro atoms. The molecule has 7 nitrogen and oxygen atoms in total. The zero-order chi connectivity index (χ0) is 22.5. The first kappa shape index (κ1) is 21.1. The molecular weight excluding hydrogens is 408 g/mol. The molecule has 4 aromatic rings. The molecule has 162 valence electrons. The summed E-state index contributed by atoms with van der Waals surface area (Å²) >= 11 is 0. The van der Waals surface area contributed by atoms with E-state index in [4.69, 9.17) is 13.9 Å². The van der Waals surface area contributed by atoms with Gasteiger partial charge >= 0.3 is 5.97 Å². The number of nitrogens with zero attached hydrogens (tertiary/aromatic N) is 1. The number of benzene rings is 2. The average molecular weight is 430 g/mol. The Labute approximate surface area is 185 Å². The number of ether oxygens (including phenoxy) is 2. The van der Waals surface area contributed by atoms with Crippen molar-refractivity contribution in [3.8, 4) is 17.2 Å². The van der Waals surface area contributed by atoms with Gasteiger partial charge in [-0.25, -0.2) is 9.78 Å². The van der Waals surface area contributed by atoms with E-state index in [1.54, 1.807) is 37.6 Å². The number of methoxy groups -OCH3 is 1. The Morgan fingerprint density at radius 3 is 2.56 bits per heavy atom. The van der Waals surface area contributed by atoms with Crippen LogP contribution in [0, 0.1) is 0 Å². The minimum Gasteiger partial charge on any atom is -0.497 e. The molecule has 0 aliphatic heterocycles. The second kappa shape index (κ2) is 9.34. The van der Waals surface area contributed by atoms with Crippen molar-refractivity contribution >= 4 is 22.8 Å². The molecule has 4 rings (SSSR count). The number of rotatable bonds is 7. The van der Waals surface area contributed by atoms with Gasteiger partial charge in [0.1, 0.15) is 11.4 Å². The van der Waals surface area contributed by atoms with Crippen molar-refractivity contribution < 1.29 is 23.5 Å². The van der Waals surface area contributed by atoms with Crippen LogP contribution in [0.1, 0.15) is 22.8 Å². The van der Waals surface area contributed by atoms with E-state index in [1.165, 1.54) is 6.92 Å². The lowest BCUT2D eigenvalue weighted by atomic mass is 10.1. The quantitative estimate of drug-likeness (QED) is 0.438. The summed E-state index contributed by atoms with van der Waals surface area (Å²) in [7, 11) is 1.59. The Kier molecular flexibility index (Phi) is 6.17. The standard InChI is InChI=1S/C25H22N2O5/c1-16(24(28)26-15-17-9-11-18(30-2)12-10-17)32-25(29)20-14-22(23-8-5-13-31-23)27-21-7-4-3-6-19(20)21/h3-14,16H,15H2,1-2H3,(H,26,28)/t16-/m1/s1. The number of aromatic nitrogens is 1. The Morgan fingerprint density at radius 2 is 1.84 bits per heavy atom. The van der Waals surface area contributed by atoms with Crippen LogP contribution >= 0.6 is 0 Å². The van der Waals surface area contributed by atoms with Gasteiger partial charge in [-0.2, -0.15) is 0 Å². The summed E-state index contributed by atoms with van der Waals surface area (Å²) < 4.78 is 16.0. The van der Waals surface area contributed by atoms with Crippen LogP contribution in [-0.2, 0) is 16.1 Å². The predicted octanol–water partition coefficient (Wildman–Crippen LogP) is 4.37. The first-order chi connectivity index (χ1) is 15.5. The number of esters is 1. The van der Waals surface area contributed by atoms with Gasteiger partial charge < -0.3 is 19.2 Å². The molecule has 0 radical (unpaired) electrons. The fourth-order valence-electron chi connectivity index (χ4n) is 3.25. The van der Waals surface area contributed by atoms with Crippen LogP contribution in [0.4, 0.5) is 0 Å². The van der Waals surface area contributed by atoms with Gasteiger partial charge in [-0.15, -0.1) is 0 Å². The summed E-state index contributed by atoms with van der Waals surface area (Å²) in [5, 5.41) is 3.42. The van der Waals surface area contributed by atoms with E-state index in [1.807, 2.05) is 42.5 Å². The highest BCUT2D eigenvalue weighted by atomic mass is 16.5. The molecule has 0 aliphatic carbocycles. The van der Waals surface area contributed by atoms with Crippen molar-refractivity contribution in [1.29, 1.82) is 0 Å². The largest absolute Gasteiger partial charge is 0.497 e. The zero-order valence-electron chi connectivity index (χ0n) is 17.7. The third-order valence-corrected chi connectivity index (χ3v) is 4.99. The first-order valence-electron chi connectivity index (χ1n) is 10.1. The molecule has 0 bridgehead atoms. The van der Waals surface area contributed by atoms with Crippen LogP contribution in [-0.4, -0.2) is 30.1 Å². The molecular formula is C25H22N2O5. The number of carbonyl (C=O) groups excluding carboxylic acids is 2. The Morgan fingerprint density at radius 1 is 1.06 bits per heavy atom. The molecule has 2 aromatic heterocycles. The number of nitrogens with one attached hydrogen (secondary N) is 1. The van der Waals surface area contributed by atoms with Gasteiger partial charge in [-0.3, -0.25) is 4.79 Å². The van der Waals surface area contributed by atoms with E-state index in [-0.39, 0.29) is 0 Å². The number of amides is 1. The number of hydrogen-bond donors (Lipinski definition) is 1. The van der Waals surface area contributed by atoms with Crippen LogP contribution < -0.4 is 10.1 Å². The van der Waals surface area contributed by atoms with Crippen molar-refractivity contribution in [3.05, 3.63) is 84.1 Å². The van der Waals surface area contributed by atoms with Gasteiger partial charge in [0, 0.05) is 11.9 Å². The third kappa shape index (κ3) is 4.62. The highest BCUT2D eigenvalue weighted by Gasteiger charge is 2.22. The second-order valence-electron chi connectivity index (χ2n) is 7.16. The first-order valence-corrected chi connectivity index (χ1v) is 10.1. The molecule has 1 amide bonds. The minimum atomic E-state index is -0.972. The van der Waals surface area contributed by atoms with E-state index >= 15 is 0 Å². The van der Waals surface area contributed by atoms with E-state index < -0.39 is 18.0 Å². The lowest BCUT2D eigenvalue weighted by Gasteiger charge is -2.15. The van der Waals surface area contributed by atoms with E-state index in [9.17, 15) is 9.59 Å². The topological polar surface area (TPSA) is 90.7 Å². The van der Waals surface area contributed by atoms with E-state index in [2.05, 4.69) is 10.3 Å². The van der Waals surface area contributed by atoms with Crippen molar-refractivity contribution in [1.82, 2.24) is 10.3 Å². The molecule has 0 unspecified atom stereocenters. The van der Waals surface area contributed by atoms with Crippen LogP contribution in [0.3, 0.4) is 0 Å². The number of carbonyl (C=O) groups is 2. The fourth-order valence-corrected chi connectivity index (χ4v) is 3.25. The molecule has 1 atom stereocenters. The lowest BCUT2D eigenvalue weighted by molar-refractivity contribution is -0.129. The number of para-hydroxylation sites is 1. The summed E-state index contributed by atoms with van der Waals surface area (Å²) in [4.78, 5) is 30.0. The molecule has 0 fully saturated rings. The number of fused-ring (bicyclic) bond motifs is 1. The van der Waals surface area contributed by atoms with E-state index in [0.29, 0.717) is 34.5 Å². The Bertz CT molecular complexity index is 1230. The van der Waals surface area contributed by atoms with Crippen molar-refractivity contribution in [2.45, 2.75) is 19.6 Å². The van der Waals surface area contributed by atoms with Gasteiger partial charge in [0.05, 0.1) is 24.5 Å². The van der Waals surface area contributed by atoms with Gasteiger partial charge in [0.15, 0.2) is 11.9 Å². The number of hydrogen-bond acceptors (Lipinski definition) is 6. The van der Waals surface area contributed by atoms with Gasteiger partial charge in [0.2, 0.25) is 0 Å². The van der Waals surface area contributed by atoms with Gasteiger partial charge in [0.25, 0.3) is 5.91 Å². The summed E-state index contributed by atoms with van der Waals surface area (Å²) in [6, 6.07) is 19.7. The van der Waals surface area contributed by atoms with Crippen molar-refractivity contribution in [3.63, 3.8) is 0 Å². The number of furan rings is 1. The second-order valence-corrected chi connectivity index (χ2v) is 7.16. The van der Waals surface area contributed by atoms with Crippen LogP contribution in [0.25, 0.3) is 22.4 Å². The fraction of sp³-hybridized carbons (Fsp3) is 0.160. The summed E-state index contributed by atoms with van der Waals surface area (Å²) in [5.74, 6) is 0.276. The molecule has 0 saturated heterocycles. The van der Waals surface area contributed by atoms with Gasteiger partial charge in [-0.05, 0) is 48.9 Å². The highest BCUT2D eigenvalue weighted by molar-refractivity contribution is 6.05. The maximum Gasteiger partial charge on any atom is 0.339 e. The van der Waals surface area contributed by atoms with Crippen LogP contribution in [0.15, 0.2) is 77.4 Å². The molecule has 0 aliphatic rings. The summed E-state index contributed by atoms with van der Waals surface area (Å²) in [5.41, 5.74) is 2.36. The normalized spacial score (nSPS) is 11.7. The molecule has 32 heavy (non-hydrogen) atoms. The molecule has 2 heterocycles.